The van der Waals surface area contributed by atoms with E-state index < -0.39 is 0 Å². The van der Waals surface area contributed by atoms with Gasteiger partial charge in [-0.3, -0.25) is 9.59 Å². The fourth-order valence-corrected chi connectivity index (χ4v) is 3.97. The van der Waals surface area contributed by atoms with Crippen LogP contribution in [0.5, 0.6) is 0 Å². The number of hydrogen-bond acceptors (Lipinski definition) is 3. The average molecular weight is 419 g/mol. The van der Waals surface area contributed by atoms with Crippen LogP contribution in [0.2, 0.25) is 0 Å². The van der Waals surface area contributed by atoms with Gasteiger partial charge in [-0.1, -0.05) is 55.0 Å². The number of amides is 2. The third kappa shape index (κ3) is 5.45. The standard InChI is InChI=1S/C25H26N2O2S/c1-4-22(21-13-12-17(2)15-18(21)3)26-25(29)23(16-20-11-8-14-30-20)27-24(28)19-9-6-5-7-10-19/h5-16,22H,4H2,1-3H3,(H,26,29)(H,27,28)/b23-16-/t22-/m0/s1. The first-order chi connectivity index (χ1) is 14.5. The van der Waals surface area contributed by atoms with Crippen LogP contribution in [0.3, 0.4) is 0 Å². The highest BCUT2D eigenvalue weighted by atomic mass is 32.1. The van der Waals surface area contributed by atoms with Crippen molar-refractivity contribution < 1.29 is 9.59 Å². The summed E-state index contributed by atoms with van der Waals surface area (Å²) in [6.07, 6.45) is 2.46. The summed E-state index contributed by atoms with van der Waals surface area (Å²) in [6, 6.07) is 18.8. The zero-order valence-corrected chi connectivity index (χ0v) is 18.3. The molecule has 3 rings (SSSR count). The monoisotopic (exact) mass is 418 g/mol. The Balaban J connectivity index is 1.85. The molecular weight excluding hydrogens is 392 g/mol. The number of benzene rings is 2. The Morgan fingerprint density at radius 2 is 1.80 bits per heavy atom. The number of aryl methyl sites for hydroxylation is 2. The molecule has 0 bridgehead atoms. The Morgan fingerprint density at radius 1 is 1.03 bits per heavy atom. The highest BCUT2D eigenvalue weighted by molar-refractivity contribution is 7.10. The number of carbonyl (C=O) groups is 2. The molecule has 0 spiro atoms. The zero-order chi connectivity index (χ0) is 21.5. The summed E-state index contributed by atoms with van der Waals surface area (Å²) < 4.78 is 0. The van der Waals surface area contributed by atoms with Crippen molar-refractivity contribution in [3.8, 4) is 0 Å². The molecule has 1 atom stereocenters. The van der Waals surface area contributed by atoms with E-state index in [9.17, 15) is 9.59 Å². The summed E-state index contributed by atoms with van der Waals surface area (Å²) >= 11 is 1.51. The van der Waals surface area contributed by atoms with Crippen LogP contribution in [0.25, 0.3) is 6.08 Å². The topological polar surface area (TPSA) is 58.2 Å². The SMILES string of the molecule is CC[C@H](NC(=O)/C(=C/c1cccs1)NC(=O)c1ccccc1)c1ccc(C)cc1C. The van der Waals surface area contributed by atoms with Gasteiger partial charge in [0, 0.05) is 10.4 Å². The summed E-state index contributed by atoms with van der Waals surface area (Å²) in [5.74, 6) is -0.618. The van der Waals surface area contributed by atoms with Crippen LogP contribution >= 0.6 is 11.3 Å². The second-order valence-electron chi connectivity index (χ2n) is 7.19. The number of thiophene rings is 1. The molecule has 0 fully saturated rings. The Bertz CT molecular complexity index is 1040. The van der Waals surface area contributed by atoms with Crippen LogP contribution in [0, 0.1) is 13.8 Å². The lowest BCUT2D eigenvalue weighted by atomic mass is 9.97. The van der Waals surface area contributed by atoms with Gasteiger partial charge in [-0.05, 0) is 61.1 Å². The number of hydrogen-bond donors (Lipinski definition) is 2. The van der Waals surface area contributed by atoms with Crippen molar-refractivity contribution in [3.05, 3.63) is 98.9 Å². The second-order valence-corrected chi connectivity index (χ2v) is 8.17. The van der Waals surface area contributed by atoms with Crippen molar-refractivity contribution in [2.45, 2.75) is 33.2 Å². The van der Waals surface area contributed by atoms with Crippen LogP contribution < -0.4 is 10.6 Å². The lowest BCUT2D eigenvalue weighted by Gasteiger charge is -2.21. The normalized spacial score (nSPS) is 12.3. The summed E-state index contributed by atoms with van der Waals surface area (Å²) in [5, 5.41) is 7.82. The molecule has 4 nitrogen and oxygen atoms in total. The van der Waals surface area contributed by atoms with E-state index in [1.54, 1.807) is 30.3 Å². The molecule has 0 radical (unpaired) electrons. The predicted octanol–water partition coefficient (Wildman–Crippen LogP) is 5.40. The first-order valence-corrected chi connectivity index (χ1v) is 10.9. The minimum absolute atomic E-state index is 0.140. The molecule has 2 aromatic carbocycles. The van der Waals surface area contributed by atoms with Gasteiger partial charge in [-0.2, -0.15) is 0 Å². The van der Waals surface area contributed by atoms with Gasteiger partial charge in [0.2, 0.25) is 0 Å². The lowest BCUT2D eigenvalue weighted by molar-refractivity contribution is -0.118. The van der Waals surface area contributed by atoms with Crippen LogP contribution in [0.1, 0.15) is 51.3 Å². The van der Waals surface area contributed by atoms with Gasteiger partial charge in [-0.15, -0.1) is 11.3 Å². The first kappa shape index (κ1) is 21.5. The molecule has 0 saturated heterocycles. The number of rotatable bonds is 7. The Labute approximate surface area is 181 Å². The van der Waals surface area contributed by atoms with Crippen LogP contribution in [-0.2, 0) is 4.79 Å². The quantitative estimate of drug-likeness (QED) is 0.505. The molecule has 154 valence electrons. The Morgan fingerprint density at radius 3 is 2.43 bits per heavy atom. The van der Waals surface area contributed by atoms with Crippen LogP contribution in [-0.4, -0.2) is 11.8 Å². The highest BCUT2D eigenvalue weighted by Gasteiger charge is 2.20. The van der Waals surface area contributed by atoms with Crippen molar-refractivity contribution >= 4 is 29.2 Å². The fraction of sp³-hybridized carbons (Fsp3) is 0.200. The minimum Gasteiger partial charge on any atom is -0.344 e. The van der Waals surface area contributed by atoms with Crippen LogP contribution in [0.15, 0.2) is 71.7 Å². The van der Waals surface area contributed by atoms with E-state index in [2.05, 4.69) is 42.7 Å². The maximum absolute atomic E-state index is 13.2. The highest BCUT2D eigenvalue weighted by Crippen LogP contribution is 2.22. The van der Waals surface area contributed by atoms with Crippen molar-refractivity contribution in [3.63, 3.8) is 0 Å². The van der Waals surface area contributed by atoms with Gasteiger partial charge in [-0.25, -0.2) is 0 Å². The molecule has 0 aliphatic carbocycles. The summed E-state index contributed by atoms with van der Waals surface area (Å²) in [6.45, 7) is 6.14. The van der Waals surface area contributed by atoms with Gasteiger partial charge < -0.3 is 10.6 Å². The smallest absolute Gasteiger partial charge is 0.268 e. The fourth-order valence-electron chi connectivity index (χ4n) is 3.31. The van der Waals surface area contributed by atoms with E-state index in [4.69, 9.17) is 0 Å². The van der Waals surface area contributed by atoms with Crippen molar-refractivity contribution in [2.24, 2.45) is 0 Å². The van der Waals surface area contributed by atoms with E-state index in [0.717, 1.165) is 22.4 Å². The van der Waals surface area contributed by atoms with E-state index in [-0.39, 0.29) is 23.6 Å². The van der Waals surface area contributed by atoms with Gasteiger partial charge >= 0.3 is 0 Å². The summed E-state index contributed by atoms with van der Waals surface area (Å²) in [7, 11) is 0. The molecule has 0 aliphatic heterocycles. The largest absolute Gasteiger partial charge is 0.344 e. The zero-order valence-electron chi connectivity index (χ0n) is 17.4. The molecule has 0 aliphatic rings. The Hall–Kier alpha value is -3.18. The molecule has 30 heavy (non-hydrogen) atoms. The molecular formula is C25H26N2O2S. The molecule has 2 amide bonds. The predicted molar refractivity (Wildman–Crippen MR) is 123 cm³/mol. The van der Waals surface area contributed by atoms with Crippen molar-refractivity contribution in [1.82, 2.24) is 10.6 Å². The van der Waals surface area contributed by atoms with Crippen LogP contribution in [0.4, 0.5) is 0 Å². The number of nitrogens with one attached hydrogen (secondary N) is 2. The molecule has 0 saturated carbocycles. The van der Waals surface area contributed by atoms with Gasteiger partial charge in [0.1, 0.15) is 5.70 Å². The van der Waals surface area contributed by atoms with E-state index in [0.29, 0.717) is 5.56 Å². The molecule has 2 N–H and O–H groups in total. The molecule has 1 heterocycles. The minimum atomic E-state index is -0.312. The van der Waals surface area contributed by atoms with Gasteiger partial charge in [0.05, 0.1) is 6.04 Å². The summed E-state index contributed by atoms with van der Waals surface area (Å²) in [4.78, 5) is 26.7. The summed E-state index contributed by atoms with van der Waals surface area (Å²) in [5.41, 5.74) is 4.14. The first-order valence-electron chi connectivity index (χ1n) is 9.97. The average Bonchev–Trinajstić information content (AvgIpc) is 3.25. The maximum Gasteiger partial charge on any atom is 0.268 e. The molecule has 5 heteroatoms. The van der Waals surface area contributed by atoms with E-state index in [1.807, 2.05) is 30.5 Å². The van der Waals surface area contributed by atoms with E-state index in [1.165, 1.54) is 16.9 Å². The second kappa shape index (κ2) is 10.0. The molecule has 0 unspecified atom stereocenters. The molecule has 1 aromatic heterocycles. The third-order valence-corrected chi connectivity index (χ3v) is 5.69. The molecule has 3 aromatic rings. The van der Waals surface area contributed by atoms with Crippen molar-refractivity contribution in [1.29, 1.82) is 0 Å². The third-order valence-electron chi connectivity index (χ3n) is 4.87. The van der Waals surface area contributed by atoms with E-state index >= 15 is 0 Å². The van der Waals surface area contributed by atoms with Gasteiger partial charge in [0.25, 0.3) is 11.8 Å². The lowest BCUT2D eigenvalue weighted by Crippen LogP contribution is -2.37. The maximum atomic E-state index is 13.2. The van der Waals surface area contributed by atoms with Crippen molar-refractivity contribution in [2.75, 3.05) is 0 Å². The number of carbonyl (C=O) groups excluding carboxylic acids is 2. The van der Waals surface area contributed by atoms with Gasteiger partial charge in [0.15, 0.2) is 0 Å². The Kier molecular flexibility index (Phi) is 7.20.